The van der Waals surface area contributed by atoms with Gasteiger partial charge in [-0.1, -0.05) is 51.4 Å². The van der Waals surface area contributed by atoms with Crippen LogP contribution < -0.4 is 58.1 Å². The Labute approximate surface area is 841 Å². The van der Waals surface area contributed by atoms with Crippen LogP contribution >= 0.6 is 11.6 Å². The SMILES string of the molecule is CCCN(c1ccc2ncc(-c3cn[nH]c3)nc2c1)c1cc(OC)ccc1Cl.CCn1cc(-c2cnc3ccc(N(CCN4C(=O)c5ccccc5C4=O)c4cc(OC)cc(OC)c4)cc3n2)cn1.COc1cc(OC)cc(N(CC(C)(C)C)c2ccc3ncc(-c4cnn(C5CCCCO5)c4)nc3c2)c1.COc1cc(OC)cc(N(CCNC(=O)C(C)(O)C(C)(F)F)c2ccc3ncc(-c4cnn(C)c4)nc3c2)c1. The summed E-state index contributed by atoms with van der Waals surface area (Å²) in [5, 5.41) is 33.0. The van der Waals surface area contributed by atoms with Crippen LogP contribution in [0.25, 0.3) is 89.2 Å². The van der Waals surface area contributed by atoms with Crippen LogP contribution in [0.15, 0.2) is 244 Å². The first-order valence-corrected chi connectivity index (χ1v) is 47.5. The zero-order valence-corrected chi connectivity index (χ0v) is 83.9. The van der Waals surface area contributed by atoms with Crippen LogP contribution in [0.3, 0.4) is 0 Å². The maximum absolute atomic E-state index is 13.8. The van der Waals surface area contributed by atoms with E-state index < -0.39 is 17.4 Å². The van der Waals surface area contributed by atoms with E-state index in [4.69, 9.17) is 74.4 Å². The number of aromatic amines is 1. The van der Waals surface area contributed by atoms with Gasteiger partial charge >= 0.3 is 0 Å². The van der Waals surface area contributed by atoms with Gasteiger partial charge in [-0.2, -0.15) is 20.4 Å². The fraction of sp³-hybridized carbons (Fsp3) is 0.287. The minimum atomic E-state index is -3.63. The Hall–Kier alpha value is -16.3. The number of benzene rings is 9. The molecule has 2 aliphatic heterocycles. The predicted molar refractivity (Wildman–Crippen MR) is 555 cm³/mol. The van der Waals surface area contributed by atoms with Gasteiger partial charge in [-0.3, -0.25) is 53.7 Å². The number of imide groups is 1. The summed E-state index contributed by atoms with van der Waals surface area (Å²) in [6.07, 6.45) is 25.8. The highest BCUT2D eigenvalue weighted by Crippen LogP contribution is 2.43. The van der Waals surface area contributed by atoms with Crippen LogP contribution in [0.5, 0.6) is 40.2 Å². The minimum Gasteiger partial charge on any atom is -0.497 e. The Morgan fingerprint density at radius 2 is 0.924 bits per heavy atom. The number of rotatable bonds is 32. The third kappa shape index (κ3) is 23.7. The largest absolute Gasteiger partial charge is 0.497 e. The smallest absolute Gasteiger partial charge is 0.282 e. The van der Waals surface area contributed by atoms with Gasteiger partial charge in [0, 0.05) is 214 Å². The maximum Gasteiger partial charge on any atom is 0.282 e. The molecule has 2 unspecified atom stereocenters. The van der Waals surface area contributed by atoms with Crippen LogP contribution in [0.4, 0.5) is 54.3 Å². The summed E-state index contributed by atoms with van der Waals surface area (Å²) < 4.78 is 77.2. The fourth-order valence-electron chi connectivity index (χ4n) is 16.6. The van der Waals surface area contributed by atoms with Crippen molar-refractivity contribution >= 4 is 119 Å². The molecule has 3 amide bonds. The number of aromatic nitrogens is 16. The number of amides is 3. The maximum atomic E-state index is 13.8. The highest BCUT2D eigenvalue weighted by atomic mass is 35.5. The number of H-pyrrole nitrogens is 1. The Balaban J connectivity index is 0.000000140. The molecule has 3 N–H and O–H groups in total. The van der Waals surface area contributed by atoms with Gasteiger partial charge in [0.1, 0.15) is 46.5 Å². The molecule has 748 valence electrons. The molecule has 145 heavy (non-hydrogen) atoms. The number of carbonyl (C=O) groups is 3. The second-order valence-electron chi connectivity index (χ2n) is 35.9. The number of alkyl halides is 2. The molecule has 10 heterocycles. The van der Waals surface area contributed by atoms with Gasteiger partial charge in [-0.25, -0.2) is 33.4 Å². The minimum absolute atomic E-state index is 0.00618. The zero-order valence-electron chi connectivity index (χ0n) is 83.2. The first kappa shape index (κ1) is 102. The second-order valence-corrected chi connectivity index (χ2v) is 36.3. The van der Waals surface area contributed by atoms with Crippen LogP contribution in [0, 0.1) is 5.41 Å². The lowest BCUT2D eigenvalue weighted by Crippen LogP contribution is -2.56. The predicted octanol–water partition coefficient (Wildman–Crippen LogP) is 20.3. The highest BCUT2D eigenvalue weighted by Gasteiger charge is 2.51. The molecule has 1 fully saturated rings. The molecule has 37 heteroatoms. The van der Waals surface area contributed by atoms with Crippen LogP contribution in [-0.4, -0.2) is 214 Å². The van der Waals surface area contributed by atoms with Crippen molar-refractivity contribution in [3.63, 3.8) is 0 Å². The zero-order chi connectivity index (χ0) is 102. The van der Waals surface area contributed by atoms with Crippen LogP contribution in [0.1, 0.15) is 101 Å². The van der Waals surface area contributed by atoms with E-state index in [1.165, 1.54) is 19.1 Å². The monoisotopic (exact) mass is 1980 g/mol. The standard InChI is InChI=1S/C31H28N6O4.C29H35N5O3.C27H30F2N6O4.C21H20ClN5O/c1-4-35-19-20(17-33-35)29-18-32-27-10-9-21(15-28(27)34-29)36(22-13-23(40-2)16-24(14-22)41-3)11-12-37-30(38)25-7-5-6-8-26(25)31(37)39;1-29(2,3)19-33(22-12-23(35-4)15-24(13-22)36-5)21-9-10-25-26(14-21)32-27(17-30-25)20-16-31-34(18-20)28-8-6-7-11-37-28;1-26(37,27(2,28)29)25(36)30-8-9-35(19-10-20(38-4)13-21(11-19)39-5)18-6-7-22-23(12-18)33-24(15-31-22)17-14-32-34(3)16-17;1-3-8-27(21-10-16(28-2)5-6-17(21)22)15-4-7-18-19(9-15)26-20(13-23-18)14-11-24-25-12-14/h5-10,13-19H,4,11-12H2,1-3H3;9-10,12-18,28H,6-8,11,19H2,1-5H3;6-7,10-16,37H,8-9H2,1-5H3,(H,30,36);4-7,9-13H,3,8H2,1-2H3,(H,24,25). The molecule has 0 saturated carbocycles. The van der Waals surface area contributed by atoms with Crippen molar-refractivity contribution in [1.29, 1.82) is 0 Å². The lowest BCUT2D eigenvalue weighted by molar-refractivity contribution is -0.179. The van der Waals surface area contributed by atoms with Gasteiger partial charge in [0.2, 0.25) is 5.60 Å². The van der Waals surface area contributed by atoms with Gasteiger partial charge in [-0.05, 0) is 142 Å². The molecule has 2 aliphatic rings. The quantitative estimate of drug-likeness (QED) is 0.0330. The van der Waals surface area contributed by atoms with E-state index in [0.29, 0.717) is 86.2 Å². The van der Waals surface area contributed by atoms with Crippen LogP contribution in [-0.2, 0) is 23.1 Å². The van der Waals surface area contributed by atoms with E-state index >= 15 is 0 Å². The number of aryl methyl sites for hydroxylation is 2. The van der Waals surface area contributed by atoms with E-state index in [0.717, 1.165) is 177 Å². The molecule has 8 aromatic heterocycles. The number of halogens is 3. The summed E-state index contributed by atoms with van der Waals surface area (Å²) in [5.74, 6) is -0.845. The number of nitrogens with zero attached hydrogens (tertiary/aromatic N) is 20. The lowest BCUT2D eigenvalue weighted by atomic mass is 9.95. The van der Waals surface area contributed by atoms with Crippen molar-refractivity contribution in [2.45, 2.75) is 98.4 Å². The molecule has 2 atom stereocenters. The summed E-state index contributed by atoms with van der Waals surface area (Å²) in [6.45, 7) is 15.9. The molecule has 0 spiro atoms. The average Bonchev–Trinajstić information content (AvgIpc) is 1.50. The summed E-state index contributed by atoms with van der Waals surface area (Å²) in [6, 6.07) is 52.9. The van der Waals surface area contributed by atoms with E-state index in [2.05, 4.69) is 95.4 Å². The number of hydrogen-bond donors (Lipinski definition) is 3. The fourth-order valence-corrected chi connectivity index (χ4v) is 16.8. The molecule has 0 radical (unpaired) electrons. The molecular formula is C108H113ClF2N22O12. The number of hydrogen-bond acceptors (Lipinski definition) is 28. The van der Waals surface area contributed by atoms with Gasteiger partial charge in [0.05, 0.1) is 188 Å². The molecule has 34 nitrogen and oxygen atoms in total. The average molecular weight is 1980 g/mol. The first-order chi connectivity index (χ1) is 69.9. The van der Waals surface area contributed by atoms with E-state index in [9.17, 15) is 28.3 Å². The first-order valence-electron chi connectivity index (χ1n) is 47.1. The Morgan fingerprint density at radius 3 is 1.34 bits per heavy atom. The van der Waals surface area contributed by atoms with Crippen molar-refractivity contribution < 1.29 is 66.2 Å². The third-order valence-corrected chi connectivity index (χ3v) is 24.9. The van der Waals surface area contributed by atoms with Crippen molar-refractivity contribution in [3.8, 4) is 85.3 Å². The van der Waals surface area contributed by atoms with Gasteiger partial charge in [0.25, 0.3) is 23.6 Å². The van der Waals surface area contributed by atoms with E-state index in [-0.39, 0.29) is 43.1 Å². The topological polar surface area (TPSA) is 359 Å². The number of anilines is 8. The number of fused-ring (bicyclic) bond motifs is 5. The van der Waals surface area contributed by atoms with Gasteiger partial charge in [-0.15, -0.1) is 0 Å². The Morgan fingerprint density at radius 1 is 0.483 bits per heavy atom. The Bertz CT molecular complexity index is 7370. The van der Waals surface area contributed by atoms with Crippen molar-refractivity contribution in [2.24, 2.45) is 12.5 Å². The normalized spacial score (nSPS) is 13.3. The van der Waals surface area contributed by atoms with Crippen molar-refractivity contribution in [2.75, 3.05) is 115 Å². The highest BCUT2D eigenvalue weighted by molar-refractivity contribution is 6.33. The summed E-state index contributed by atoms with van der Waals surface area (Å²) in [7, 11) is 13.1. The van der Waals surface area contributed by atoms with E-state index in [1.54, 1.807) is 132 Å². The summed E-state index contributed by atoms with van der Waals surface area (Å²) in [5.41, 5.74) is 17.4. The number of ether oxygens (including phenoxy) is 8. The third-order valence-electron chi connectivity index (χ3n) is 24.6. The molecular weight excluding hydrogens is 1870 g/mol. The number of nitrogens with one attached hydrogen (secondary N) is 2. The lowest BCUT2D eigenvalue weighted by Gasteiger charge is -2.32. The second kappa shape index (κ2) is 44.9. The van der Waals surface area contributed by atoms with Gasteiger partial charge < -0.3 is 67.9 Å². The number of methoxy groups -OCH3 is 7. The molecule has 0 aliphatic carbocycles. The molecule has 19 rings (SSSR count). The molecule has 9 aromatic carbocycles. The van der Waals surface area contributed by atoms with Crippen molar-refractivity contribution in [1.82, 2.24) is 89.6 Å². The van der Waals surface area contributed by atoms with Gasteiger partial charge in [0.15, 0.2) is 0 Å². The Kier molecular flexibility index (Phi) is 31.4. The van der Waals surface area contributed by atoms with Crippen LogP contribution in [0.2, 0.25) is 5.02 Å². The molecule has 0 bridgehead atoms. The molecule has 17 aromatic rings. The number of aliphatic hydroxyl groups is 1. The number of carbonyl (C=O) groups excluding carboxylic acids is 3. The van der Waals surface area contributed by atoms with E-state index in [1.807, 2.05) is 173 Å². The molecule has 1 saturated heterocycles. The summed E-state index contributed by atoms with van der Waals surface area (Å²) in [4.78, 5) is 85.9. The summed E-state index contributed by atoms with van der Waals surface area (Å²) >= 11 is 6.51. The van der Waals surface area contributed by atoms with Crippen molar-refractivity contribution in [3.05, 3.63) is 260 Å².